The van der Waals surface area contributed by atoms with Crippen molar-refractivity contribution in [2.24, 2.45) is 7.05 Å². The quantitative estimate of drug-likeness (QED) is 0.894. The van der Waals surface area contributed by atoms with Crippen LogP contribution in [0.3, 0.4) is 0 Å². The monoisotopic (exact) mass is 321 g/mol. The fourth-order valence-corrected chi connectivity index (χ4v) is 3.37. The highest BCUT2D eigenvalue weighted by atomic mass is 32.1. The molecular weight excluding hydrogens is 302 g/mol. The Morgan fingerprint density at radius 1 is 1.55 bits per heavy atom. The Morgan fingerprint density at radius 2 is 2.41 bits per heavy atom. The number of ether oxygens (including phenoxy) is 1. The molecule has 118 valence electrons. The number of nitrogens with zero attached hydrogens (tertiary/aromatic N) is 4. The van der Waals surface area contributed by atoms with Crippen molar-refractivity contribution in [1.29, 1.82) is 0 Å². The maximum atomic E-state index is 12.1. The molecule has 0 unspecified atom stereocenters. The molecule has 22 heavy (non-hydrogen) atoms. The number of thiazole rings is 1. The summed E-state index contributed by atoms with van der Waals surface area (Å²) in [6, 6.07) is 1.69. The highest BCUT2D eigenvalue weighted by molar-refractivity contribution is 7.15. The summed E-state index contributed by atoms with van der Waals surface area (Å²) >= 11 is 1.56. The molecule has 0 fully saturated rings. The van der Waals surface area contributed by atoms with Crippen molar-refractivity contribution in [1.82, 2.24) is 19.7 Å². The SMILES string of the molecule is COCCN1CCc2sc(NC(=O)c3ccn(C)n3)nc2C1. The molecule has 0 spiro atoms. The van der Waals surface area contributed by atoms with Crippen molar-refractivity contribution in [3.05, 3.63) is 28.5 Å². The minimum absolute atomic E-state index is 0.220. The molecule has 0 aromatic carbocycles. The molecule has 1 aliphatic rings. The van der Waals surface area contributed by atoms with Gasteiger partial charge in [-0.1, -0.05) is 0 Å². The lowest BCUT2D eigenvalue weighted by Gasteiger charge is -2.25. The Labute approximate surface area is 132 Å². The van der Waals surface area contributed by atoms with Gasteiger partial charge in [-0.3, -0.25) is 19.7 Å². The van der Waals surface area contributed by atoms with Crippen LogP contribution in [0, 0.1) is 0 Å². The van der Waals surface area contributed by atoms with Gasteiger partial charge in [-0.05, 0) is 12.5 Å². The number of hydrogen-bond donors (Lipinski definition) is 1. The molecule has 7 nitrogen and oxygen atoms in total. The van der Waals surface area contributed by atoms with E-state index in [4.69, 9.17) is 4.74 Å². The summed E-state index contributed by atoms with van der Waals surface area (Å²) in [4.78, 5) is 20.2. The molecule has 3 heterocycles. The topological polar surface area (TPSA) is 72.3 Å². The van der Waals surface area contributed by atoms with E-state index in [-0.39, 0.29) is 5.91 Å². The summed E-state index contributed by atoms with van der Waals surface area (Å²) in [6.07, 6.45) is 2.71. The van der Waals surface area contributed by atoms with Gasteiger partial charge in [-0.25, -0.2) is 4.98 Å². The average Bonchev–Trinajstić information content (AvgIpc) is 3.10. The number of amides is 1. The number of nitrogens with one attached hydrogen (secondary N) is 1. The van der Waals surface area contributed by atoms with Gasteiger partial charge in [-0.15, -0.1) is 11.3 Å². The molecule has 1 amide bonds. The van der Waals surface area contributed by atoms with Crippen LogP contribution in [0.4, 0.5) is 5.13 Å². The Balaban J connectivity index is 1.65. The second kappa shape index (κ2) is 6.55. The maximum absolute atomic E-state index is 12.1. The third kappa shape index (κ3) is 3.34. The van der Waals surface area contributed by atoms with Crippen molar-refractivity contribution in [2.75, 3.05) is 32.1 Å². The number of aryl methyl sites for hydroxylation is 1. The largest absolute Gasteiger partial charge is 0.383 e. The predicted octanol–water partition coefficient (Wildman–Crippen LogP) is 1.13. The second-order valence-electron chi connectivity index (χ2n) is 5.24. The van der Waals surface area contributed by atoms with Gasteiger partial charge in [0.15, 0.2) is 10.8 Å². The van der Waals surface area contributed by atoms with E-state index in [1.807, 2.05) is 0 Å². The first-order valence-electron chi connectivity index (χ1n) is 7.16. The van der Waals surface area contributed by atoms with Gasteiger partial charge in [0.2, 0.25) is 0 Å². The molecule has 2 aromatic heterocycles. The number of rotatable bonds is 5. The lowest BCUT2D eigenvalue weighted by Crippen LogP contribution is -2.32. The van der Waals surface area contributed by atoms with Crippen LogP contribution in [0.25, 0.3) is 0 Å². The Kier molecular flexibility index (Phi) is 4.51. The van der Waals surface area contributed by atoms with E-state index >= 15 is 0 Å². The summed E-state index contributed by atoms with van der Waals surface area (Å²) in [5.41, 5.74) is 1.46. The van der Waals surface area contributed by atoms with Gasteiger partial charge >= 0.3 is 0 Å². The van der Waals surface area contributed by atoms with Crippen LogP contribution < -0.4 is 5.32 Å². The maximum Gasteiger partial charge on any atom is 0.277 e. The highest BCUT2D eigenvalue weighted by Gasteiger charge is 2.21. The van der Waals surface area contributed by atoms with E-state index in [2.05, 4.69) is 20.3 Å². The Bertz CT molecular complexity index is 666. The molecule has 2 aromatic rings. The fourth-order valence-electron chi connectivity index (χ4n) is 2.41. The van der Waals surface area contributed by atoms with Gasteiger partial charge in [0.1, 0.15) is 0 Å². The molecule has 1 N–H and O–H groups in total. The minimum Gasteiger partial charge on any atom is -0.383 e. The number of anilines is 1. The summed E-state index contributed by atoms with van der Waals surface area (Å²) in [7, 11) is 3.50. The molecule has 1 aliphatic heterocycles. The van der Waals surface area contributed by atoms with Crippen LogP contribution in [-0.4, -0.2) is 52.4 Å². The standard InChI is InChI=1S/C14H19N5O2S/c1-18-5-3-10(17-18)13(20)16-14-15-11-9-19(7-8-21-2)6-4-12(11)22-14/h3,5H,4,6-9H2,1-2H3,(H,15,16,20). The van der Waals surface area contributed by atoms with Crippen molar-refractivity contribution >= 4 is 22.4 Å². The lowest BCUT2D eigenvalue weighted by atomic mass is 10.2. The summed E-state index contributed by atoms with van der Waals surface area (Å²) in [5, 5.41) is 7.58. The zero-order valence-electron chi connectivity index (χ0n) is 12.7. The van der Waals surface area contributed by atoms with Crippen molar-refractivity contribution in [3.63, 3.8) is 0 Å². The van der Waals surface area contributed by atoms with E-state index in [0.717, 1.165) is 38.4 Å². The number of aromatic nitrogens is 3. The molecule has 3 rings (SSSR count). The van der Waals surface area contributed by atoms with Gasteiger partial charge in [0.25, 0.3) is 5.91 Å². The molecule has 0 saturated heterocycles. The third-order valence-corrected chi connectivity index (χ3v) is 4.66. The van der Waals surface area contributed by atoms with Crippen LogP contribution in [0.5, 0.6) is 0 Å². The highest BCUT2D eigenvalue weighted by Crippen LogP contribution is 2.28. The number of methoxy groups -OCH3 is 1. The van der Waals surface area contributed by atoms with E-state index in [9.17, 15) is 4.79 Å². The Hall–Kier alpha value is -1.77. The van der Waals surface area contributed by atoms with Crippen molar-refractivity contribution < 1.29 is 9.53 Å². The molecule has 0 atom stereocenters. The number of fused-ring (bicyclic) bond motifs is 1. The van der Waals surface area contributed by atoms with E-state index in [0.29, 0.717) is 10.8 Å². The third-order valence-electron chi connectivity index (χ3n) is 3.59. The first-order valence-corrected chi connectivity index (χ1v) is 7.98. The fraction of sp³-hybridized carbons (Fsp3) is 0.500. The number of carbonyl (C=O) groups excluding carboxylic acids is 1. The van der Waals surface area contributed by atoms with Crippen LogP contribution in [0.1, 0.15) is 21.1 Å². The van der Waals surface area contributed by atoms with E-state index in [1.54, 1.807) is 42.4 Å². The molecule has 0 bridgehead atoms. The molecule has 0 radical (unpaired) electrons. The summed E-state index contributed by atoms with van der Waals surface area (Å²) in [5.74, 6) is -0.220. The van der Waals surface area contributed by atoms with Gasteiger partial charge in [-0.2, -0.15) is 5.10 Å². The van der Waals surface area contributed by atoms with Crippen molar-refractivity contribution in [2.45, 2.75) is 13.0 Å². The van der Waals surface area contributed by atoms with Crippen LogP contribution in [0.2, 0.25) is 0 Å². The minimum atomic E-state index is -0.220. The first kappa shape index (κ1) is 15.1. The normalized spacial score (nSPS) is 14.8. The Morgan fingerprint density at radius 3 is 3.14 bits per heavy atom. The lowest BCUT2D eigenvalue weighted by molar-refractivity contribution is 0.102. The van der Waals surface area contributed by atoms with E-state index in [1.165, 1.54) is 4.88 Å². The average molecular weight is 321 g/mol. The van der Waals surface area contributed by atoms with Gasteiger partial charge in [0, 0.05) is 44.9 Å². The van der Waals surface area contributed by atoms with E-state index < -0.39 is 0 Å². The molecular formula is C14H19N5O2S. The van der Waals surface area contributed by atoms with Crippen molar-refractivity contribution in [3.8, 4) is 0 Å². The number of hydrogen-bond acceptors (Lipinski definition) is 6. The smallest absolute Gasteiger partial charge is 0.277 e. The zero-order chi connectivity index (χ0) is 15.5. The molecule has 0 saturated carbocycles. The summed E-state index contributed by atoms with van der Waals surface area (Å²) < 4.78 is 6.72. The van der Waals surface area contributed by atoms with Crippen LogP contribution >= 0.6 is 11.3 Å². The number of carbonyl (C=O) groups is 1. The first-order chi connectivity index (χ1) is 10.7. The van der Waals surface area contributed by atoms with Gasteiger partial charge in [0.05, 0.1) is 12.3 Å². The molecule has 8 heteroatoms. The van der Waals surface area contributed by atoms with Crippen LogP contribution in [-0.2, 0) is 24.8 Å². The summed E-state index contributed by atoms with van der Waals surface area (Å²) in [6.45, 7) is 3.45. The molecule has 0 aliphatic carbocycles. The van der Waals surface area contributed by atoms with Crippen LogP contribution in [0.15, 0.2) is 12.3 Å². The van der Waals surface area contributed by atoms with Gasteiger partial charge < -0.3 is 4.74 Å². The predicted molar refractivity (Wildman–Crippen MR) is 84.1 cm³/mol. The zero-order valence-corrected chi connectivity index (χ0v) is 13.5. The second-order valence-corrected chi connectivity index (χ2v) is 6.32.